The van der Waals surface area contributed by atoms with E-state index in [1.54, 1.807) is 4.90 Å². The predicted octanol–water partition coefficient (Wildman–Crippen LogP) is 3.10. The molecule has 0 N–H and O–H groups in total. The SMILES string of the molecule is CCOc1ccccc1N1CCN(C(=O)[C@H]2CCCN2C(=O)c2cccs2)CC1. The molecule has 0 radical (unpaired) electrons. The molecular formula is C22H27N3O3S. The number of amides is 2. The van der Waals surface area contributed by atoms with Crippen LogP contribution in [0.25, 0.3) is 0 Å². The second kappa shape index (κ2) is 8.86. The number of carbonyl (C=O) groups is 2. The molecule has 0 bridgehead atoms. The molecule has 2 aromatic rings. The summed E-state index contributed by atoms with van der Waals surface area (Å²) in [7, 11) is 0. The van der Waals surface area contributed by atoms with Gasteiger partial charge < -0.3 is 19.4 Å². The monoisotopic (exact) mass is 413 g/mol. The number of piperazine rings is 1. The third-order valence-corrected chi connectivity index (χ3v) is 6.49. The van der Waals surface area contributed by atoms with Crippen molar-refractivity contribution < 1.29 is 14.3 Å². The van der Waals surface area contributed by atoms with Gasteiger partial charge in [0.2, 0.25) is 5.91 Å². The molecule has 6 nitrogen and oxygen atoms in total. The van der Waals surface area contributed by atoms with Gasteiger partial charge in [-0.05, 0) is 43.3 Å². The summed E-state index contributed by atoms with van der Waals surface area (Å²) in [5, 5.41) is 1.90. The Balaban J connectivity index is 1.39. The first-order chi connectivity index (χ1) is 14.2. The first kappa shape index (κ1) is 19.8. The van der Waals surface area contributed by atoms with Crippen LogP contribution >= 0.6 is 11.3 Å². The normalized spacial score (nSPS) is 19.5. The van der Waals surface area contributed by atoms with Gasteiger partial charge in [0.15, 0.2) is 0 Å². The fourth-order valence-corrected chi connectivity index (χ4v) is 4.86. The van der Waals surface area contributed by atoms with Crippen molar-refractivity contribution >= 4 is 28.8 Å². The second-order valence-electron chi connectivity index (χ2n) is 7.35. The van der Waals surface area contributed by atoms with E-state index in [0.29, 0.717) is 31.1 Å². The maximum absolute atomic E-state index is 13.2. The van der Waals surface area contributed by atoms with Crippen molar-refractivity contribution in [3.63, 3.8) is 0 Å². The Morgan fingerprint density at radius 1 is 1.07 bits per heavy atom. The van der Waals surface area contributed by atoms with Gasteiger partial charge in [-0.1, -0.05) is 18.2 Å². The zero-order chi connectivity index (χ0) is 20.2. The van der Waals surface area contributed by atoms with E-state index in [1.165, 1.54) is 11.3 Å². The van der Waals surface area contributed by atoms with E-state index in [1.807, 2.05) is 47.5 Å². The number of hydrogen-bond acceptors (Lipinski definition) is 5. The lowest BCUT2D eigenvalue weighted by Gasteiger charge is -2.38. The van der Waals surface area contributed by atoms with Gasteiger partial charge in [0.1, 0.15) is 11.8 Å². The second-order valence-corrected chi connectivity index (χ2v) is 8.29. The molecule has 2 aliphatic rings. The number of rotatable bonds is 5. The quantitative estimate of drug-likeness (QED) is 0.756. The predicted molar refractivity (Wildman–Crippen MR) is 115 cm³/mol. The molecule has 154 valence electrons. The molecule has 29 heavy (non-hydrogen) atoms. The number of likely N-dealkylation sites (tertiary alicyclic amines) is 1. The summed E-state index contributed by atoms with van der Waals surface area (Å²) >= 11 is 1.44. The standard InChI is InChI=1S/C22H27N3O3S/c1-2-28-19-9-4-3-7-17(19)23-12-14-24(15-13-23)21(26)18-8-5-11-25(18)22(27)20-10-6-16-29-20/h3-4,6-7,9-10,16,18H,2,5,8,11-15H2,1H3/t18-/m1/s1. The van der Waals surface area contributed by atoms with E-state index in [9.17, 15) is 9.59 Å². The van der Waals surface area contributed by atoms with Crippen LogP contribution in [-0.2, 0) is 4.79 Å². The zero-order valence-corrected chi connectivity index (χ0v) is 17.6. The van der Waals surface area contributed by atoms with Gasteiger partial charge in [0, 0.05) is 32.7 Å². The average Bonchev–Trinajstić information content (AvgIpc) is 3.46. The average molecular weight is 414 g/mol. The van der Waals surface area contributed by atoms with E-state index in [2.05, 4.69) is 11.0 Å². The Morgan fingerprint density at radius 2 is 1.86 bits per heavy atom. The van der Waals surface area contributed by atoms with Gasteiger partial charge in [-0.3, -0.25) is 9.59 Å². The molecule has 0 unspecified atom stereocenters. The lowest BCUT2D eigenvalue weighted by atomic mass is 10.1. The molecule has 1 aromatic carbocycles. The molecule has 0 aliphatic carbocycles. The highest BCUT2D eigenvalue weighted by atomic mass is 32.1. The number of anilines is 1. The first-order valence-electron chi connectivity index (χ1n) is 10.3. The summed E-state index contributed by atoms with van der Waals surface area (Å²) < 4.78 is 5.76. The van der Waals surface area contributed by atoms with Gasteiger partial charge >= 0.3 is 0 Å². The van der Waals surface area contributed by atoms with Crippen LogP contribution in [0.15, 0.2) is 41.8 Å². The van der Waals surface area contributed by atoms with Gasteiger partial charge in [-0.2, -0.15) is 0 Å². The van der Waals surface area contributed by atoms with E-state index in [4.69, 9.17) is 4.74 Å². The number of nitrogens with zero attached hydrogens (tertiary/aromatic N) is 3. The van der Waals surface area contributed by atoms with Crippen molar-refractivity contribution in [1.29, 1.82) is 0 Å². The largest absolute Gasteiger partial charge is 0.492 e. The van der Waals surface area contributed by atoms with Gasteiger partial charge in [0.25, 0.3) is 5.91 Å². The maximum atomic E-state index is 13.2. The topological polar surface area (TPSA) is 53.1 Å². The van der Waals surface area contributed by atoms with Crippen molar-refractivity contribution in [1.82, 2.24) is 9.80 Å². The van der Waals surface area contributed by atoms with Crippen molar-refractivity contribution in [2.75, 3.05) is 44.2 Å². The molecule has 0 saturated carbocycles. The maximum Gasteiger partial charge on any atom is 0.264 e. The van der Waals surface area contributed by atoms with Crippen LogP contribution < -0.4 is 9.64 Å². The van der Waals surface area contributed by atoms with E-state index in [-0.39, 0.29) is 17.9 Å². The molecule has 2 aliphatic heterocycles. The molecule has 0 spiro atoms. The summed E-state index contributed by atoms with van der Waals surface area (Å²) in [6.07, 6.45) is 1.64. The highest BCUT2D eigenvalue weighted by molar-refractivity contribution is 7.12. The minimum Gasteiger partial charge on any atom is -0.492 e. The molecular weight excluding hydrogens is 386 g/mol. The third-order valence-electron chi connectivity index (χ3n) is 5.63. The molecule has 2 amide bonds. The van der Waals surface area contributed by atoms with Crippen LogP contribution in [0.4, 0.5) is 5.69 Å². The number of thiophene rings is 1. The summed E-state index contributed by atoms with van der Waals surface area (Å²) in [4.78, 5) is 32.7. The lowest BCUT2D eigenvalue weighted by Crippen LogP contribution is -2.54. The number of para-hydroxylation sites is 2. The number of benzene rings is 1. The van der Waals surface area contributed by atoms with E-state index in [0.717, 1.165) is 37.4 Å². The van der Waals surface area contributed by atoms with Crippen molar-refractivity contribution in [3.05, 3.63) is 46.7 Å². The fraction of sp³-hybridized carbons (Fsp3) is 0.455. The van der Waals surface area contributed by atoms with Crippen molar-refractivity contribution in [3.8, 4) is 5.75 Å². The molecule has 1 aromatic heterocycles. The minimum absolute atomic E-state index is 0.0138. The van der Waals surface area contributed by atoms with Gasteiger partial charge in [0.05, 0.1) is 17.2 Å². The summed E-state index contributed by atoms with van der Waals surface area (Å²) in [6.45, 7) is 6.13. The van der Waals surface area contributed by atoms with Crippen molar-refractivity contribution in [2.24, 2.45) is 0 Å². The molecule has 2 fully saturated rings. The fourth-order valence-electron chi connectivity index (χ4n) is 4.18. The van der Waals surface area contributed by atoms with Crippen LogP contribution in [0.3, 0.4) is 0 Å². The molecule has 4 rings (SSSR count). The van der Waals surface area contributed by atoms with Gasteiger partial charge in [-0.15, -0.1) is 11.3 Å². The number of hydrogen-bond donors (Lipinski definition) is 0. The Labute approximate surface area is 175 Å². The molecule has 1 atom stereocenters. The van der Waals surface area contributed by atoms with E-state index < -0.39 is 0 Å². The van der Waals surface area contributed by atoms with E-state index >= 15 is 0 Å². The third kappa shape index (κ3) is 4.10. The summed E-state index contributed by atoms with van der Waals surface area (Å²) in [5.74, 6) is 0.962. The van der Waals surface area contributed by atoms with Crippen LogP contribution in [-0.4, -0.2) is 67.0 Å². The Kier molecular flexibility index (Phi) is 6.04. The Hall–Kier alpha value is -2.54. The van der Waals surface area contributed by atoms with Crippen molar-refractivity contribution in [2.45, 2.75) is 25.8 Å². The summed E-state index contributed by atoms with van der Waals surface area (Å²) in [5.41, 5.74) is 1.08. The highest BCUT2D eigenvalue weighted by Gasteiger charge is 2.38. The summed E-state index contributed by atoms with van der Waals surface area (Å²) in [6, 6.07) is 11.4. The Morgan fingerprint density at radius 3 is 2.59 bits per heavy atom. The van der Waals surface area contributed by atoms with Crippen LogP contribution in [0.1, 0.15) is 29.4 Å². The lowest BCUT2D eigenvalue weighted by molar-refractivity contribution is -0.135. The number of carbonyl (C=O) groups excluding carboxylic acids is 2. The molecule has 7 heteroatoms. The van der Waals surface area contributed by atoms with Gasteiger partial charge in [-0.25, -0.2) is 0 Å². The van der Waals surface area contributed by atoms with Crippen LogP contribution in [0.2, 0.25) is 0 Å². The van der Waals surface area contributed by atoms with Crippen LogP contribution in [0.5, 0.6) is 5.75 Å². The molecule has 2 saturated heterocycles. The number of ether oxygens (including phenoxy) is 1. The Bertz CT molecular complexity index is 847. The highest BCUT2D eigenvalue weighted by Crippen LogP contribution is 2.29. The smallest absolute Gasteiger partial charge is 0.264 e. The minimum atomic E-state index is -0.327. The zero-order valence-electron chi connectivity index (χ0n) is 16.8. The molecule has 3 heterocycles. The van der Waals surface area contributed by atoms with Crippen LogP contribution in [0, 0.1) is 0 Å². The first-order valence-corrected chi connectivity index (χ1v) is 11.2.